The Balaban J connectivity index is 1.67. The number of fused-ring (bicyclic) bond motifs is 1. The van der Waals surface area contributed by atoms with Crippen LogP contribution in [0.3, 0.4) is 0 Å². The number of halogens is 1. The maximum atomic E-state index is 13.5. The quantitative estimate of drug-likeness (QED) is 0.199. The Hall–Kier alpha value is -2.17. The van der Waals surface area contributed by atoms with Gasteiger partial charge in [-0.05, 0) is 48.6 Å². The molecule has 0 radical (unpaired) electrons. The summed E-state index contributed by atoms with van der Waals surface area (Å²) in [6.07, 6.45) is 1.81. The number of rotatable bonds is 8. The number of nitro groups is 1. The minimum absolute atomic E-state index is 0.0610. The Morgan fingerprint density at radius 1 is 1.27 bits per heavy atom. The highest BCUT2D eigenvalue weighted by Gasteiger charge is 2.37. The Morgan fingerprint density at radius 2 is 2.03 bits per heavy atom. The minimum Gasteiger partial charge on any atom is -0.333 e. The summed E-state index contributed by atoms with van der Waals surface area (Å²) in [4.78, 5) is 31.2. The van der Waals surface area contributed by atoms with E-state index in [4.69, 9.17) is 0 Å². The second-order valence-corrected chi connectivity index (χ2v) is 11.8. The number of hydrogen-bond donors (Lipinski definition) is 0. The summed E-state index contributed by atoms with van der Waals surface area (Å²) in [6, 6.07) is 9.02. The number of hydrogen-bond acceptors (Lipinski definition) is 7. The molecule has 0 spiro atoms. The van der Waals surface area contributed by atoms with Crippen molar-refractivity contribution in [2.24, 2.45) is 0 Å². The maximum absolute atomic E-state index is 13.5. The Morgan fingerprint density at radius 3 is 2.73 bits per heavy atom. The zero-order chi connectivity index (χ0) is 23.5. The number of benzene rings is 2. The molecule has 1 aliphatic heterocycles. The third-order valence-electron chi connectivity index (χ3n) is 5.56. The maximum Gasteiger partial charge on any atom is 0.282 e. The third kappa shape index (κ3) is 5.02. The SMILES string of the molecule is CCSC(SCC)[C@@H]1CCCN1C(=O)c1ccc(-c2nc3ccc(F)cc3s2)cc1[N+](=O)[O-]. The summed E-state index contributed by atoms with van der Waals surface area (Å²) in [7, 11) is 0. The van der Waals surface area contributed by atoms with Crippen LogP contribution in [0.25, 0.3) is 20.8 Å². The van der Waals surface area contributed by atoms with Crippen LogP contribution in [0.4, 0.5) is 10.1 Å². The van der Waals surface area contributed by atoms with Gasteiger partial charge in [-0.3, -0.25) is 14.9 Å². The number of amides is 1. The van der Waals surface area contributed by atoms with Gasteiger partial charge >= 0.3 is 0 Å². The smallest absolute Gasteiger partial charge is 0.282 e. The average Bonchev–Trinajstić information content (AvgIpc) is 3.45. The zero-order valence-corrected chi connectivity index (χ0v) is 20.8. The number of nitrogens with zero attached hydrogens (tertiary/aromatic N) is 3. The molecule has 0 saturated carbocycles. The summed E-state index contributed by atoms with van der Waals surface area (Å²) in [6.45, 7) is 4.82. The normalized spacial score (nSPS) is 16.1. The lowest BCUT2D eigenvalue weighted by atomic mass is 10.1. The van der Waals surface area contributed by atoms with Crippen LogP contribution in [0.5, 0.6) is 0 Å². The first-order valence-corrected chi connectivity index (χ1v) is 13.7. The second-order valence-electron chi connectivity index (χ2n) is 7.61. The van der Waals surface area contributed by atoms with E-state index in [2.05, 4.69) is 18.8 Å². The van der Waals surface area contributed by atoms with Crippen LogP contribution >= 0.6 is 34.9 Å². The number of carbonyl (C=O) groups excluding carboxylic acids is 1. The lowest BCUT2D eigenvalue weighted by molar-refractivity contribution is -0.385. The number of likely N-dealkylation sites (tertiary alicyclic amines) is 1. The highest BCUT2D eigenvalue weighted by Crippen LogP contribution is 2.38. The lowest BCUT2D eigenvalue weighted by Gasteiger charge is -2.30. The fourth-order valence-electron chi connectivity index (χ4n) is 4.10. The van der Waals surface area contributed by atoms with Crippen molar-refractivity contribution in [3.05, 3.63) is 57.9 Å². The predicted molar refractivity (Wildman–Crippen MR) is 136 cm³/mol. The van der Waals surface area contributed by atoms with E-state index in [1.54, 1.807) is 12.1 Å². The summed E-state index contributed by atoms with van der Waals surface area (Å²) in [5.41, 5.74) is 1.05. The lowest BCUT2D eigenvalue weighted by Crippen LogP contribution is -2.41. The largest absolute Gasteiger partial charge is 0.333 e. The number of thioether (sulfide) groups is 2. The summed E-state index contributed by atoms with van der Waals surface area (Å²) < 4.78 is 14.5. The zero-order valence-electron chi connectivity index (χ0n) is 18.3. The molecule has 6 nitrogen and oxygen atoms in total. The van der Waals surface area contributed by atoms with Crippen molar-refractivity contribution in [1.82, 2.24) is 9.88 Å². The highest BCUT2D eigenvalue weighted by atomic mass is 32.2. The van der Waals surface area contributed by atoms with Crippen LogP contribution in [0.2, 0.25) is 0 Å². The summed E-state index contributed by atoms with van der Waals surface area (Å²) >= 11 is 4.92. The molecule has 3 aromatic rings. The number of thiazole rings is 1. The van der Waals surface area contributed by atoms with Gasteiger partial charge in [-0.1, -0.05) is 19.9 Å². The first-order chi connectivity index (χ1) is 15.9. The van der Waals surface area contributed by atoms with Gasteiger partial charge in [0.05, 0.1) is 25.8 Å². The Bertz CT molecular complexity index is 1180. The first-order valence-electron chi connectivity index (χ1n) is 10.8. The van der Waals surface area contributed by atoms with Crippen LogP contribution in [0.1, 0.15) is 37.0 Å². The molecule has 0 bridgehead atoms. The van der Waals surface area contributed by atoms with Gasteiger partial charge in [-0.15, -0.1) is 34.9 Å². The molecule has 4 rings (SSSR count). The molecule has 1 amide bonds. The van der Waals surface area contributed by atoms with Crippen molar-refractivity contribution in [3.63, 3.8) is 0 Å². The monoisotopic (exact) mass is 505 g/mol. The van der Waals surface area contributed by atoms with Gasteiger partial charge in [0.15, 0.2) is 0 Å². The molecule has 1 aromatic heterocycles. The fourth-order valence-corrected chi connectivity index (χ4v) is 7.96. The van der Waals surface area contributed by atoms with Crippen LogP contribution < -0.4 is 0 Å². The fraction of sp³-hybridized carbons (Fsp3) is 0.391. The van der Waals surface area contributed by atoms with E-state index < -0.39 is 4.92 Å². The topological polar surface area (TPSA) is 76.3 Å². The molecule has 1 atom stereocenters. The molecule has 0 N–H and O–H groups in total. The van der Waals surface area contributed by atoms with Gasteiger partial charge in [-0.2, -0.15) is 0 Å². The van der Waals surface area contributed by atoms with Crippen molar-refractivity contribution < 1.29 is 14.1 Å². The second kappa shape index (κ2) is 10.4. The molecule has 10 heteroatoms. The Kier molecular flexibility index (Phi) is 7.55. The molecule has 1 fully saturated rings. The first kappa shape index (κ1) is 24.0. The molecule has 0 aliphatic carbocycles. The van der Waals surface area contributed by atoms with E-state index in [9.17, 15) is 19.3 Å². The minimum atomic E-state index is -0.506. The summed E-state index contributed by atoms with van der Waals surface area (Å²) in [5, 5.41) is 12.5. The van der Waals surface area contributed by atoms with Crippen molar-refractivity contribution in [2.45, 2.75) is 37.3 Å². The van der Waals surface area contributed by atoms with Crippen molar-refractivity contribution in [2.75, 3.05) is 18.1 Å². The molecule has 0 unspecified atom stereocenters. The van der Waals surface area contributed by atoms with Gasteiger partial charge in [0.1, 0.15) is 16.4 Å². The average molecular weight is 506 g/mol. The number of carbonyl (C=O) groups is 1. The standard InChI is InChI=1S/C23H24FN3O3S3/c1-3-31-23(32-4-2)18-6-5-11-26(18)22(28)16-9-7-14(12-19(16)27(29)30)21-25-17-10-8-15(24)13-20(17)33-21/h7-10,12-13,18,23H,3-6,11H2,1-2H3/t18-/m0/s1. The summed E-state index contributed by atoms with van der Waals surface area (Å²) in [5.74, 6) is 1.26. The molecular formula is C23H24FN3O3S3. The molecule has 1 saturated heterocycles. The van der Waals surface area contributed by atoms with Gasteiger partial charge < -0.3 is 4.90 Å². The predicted octanol–water partition coefficient (Wildman–Crippen LogP) is 6.45. The van der Waals surface area contributed by atoms with Crippen LogP contribution in [-0.4, -0.2) is 49.4 Å². The molecule has 174 valence electrons. The Labute approximate surface area is 204 Å². The van der Waals surface area contributed by atoms with Gasteiger partial charge in [0, 0.05) is 18.2 Å². The van der Waals surface area contributed by atoms with E-state index in [1.165, 1.54) is 35.6 Å². The van der Waals surface area contributed by atoms with Crippen molar-refractivity contribution >= 4 is 56.7 Å². The third-order valence-corrected chi connectivity index (χ3v) is 9.39. The highest BCUT2D eigenvalue weighted by molar-refractivity contribution is 8.17. The van der Waals surface area contributed by atoms with E-state index in [1.807, 2.05) is 28.4 Å². The van der Waals surface area contributed by atoms with Gasteiger partial charge in [0.2, 0.25) is 0 Å². The van der Waals surface area contributed by atoms with E-state index in [0.717, 1.165) is 24.3 Å². The van der Waals surface area contributed by atoms with Crippen LogP contribution in [0.15, 0.2) is 36.4 Å². The molecule has 2 aromatic carbocycles. The van der Waals surface area contributed by atoms with Crippen molar-refractivity contribution in [1.29, 1.82) is 0 Å². The van der Waals surface area contributed by atoms with E-state index in [-0.39, 0.29) is 33.6 Å². The van der Waals surface area contributed by atoms with E-state index >= 15 is 0 Å². The van der Waals surface area contributed by atoms with E-state index in [0.29, 0.717) is 27.3 Å². The van der Waals surface area contributed by atoms with Crippen molar-refractivity contribution in [3.8, 4) is 10.6 Å². The van der Waals surface area contributed by atoms with Crippen LogP contribution in [-0.2, 0) is 0 Å². The number of aromatic nitrogens is 1. The van der Waals surface area contributed by atoms with Gasteiger partial charge in [-0.25, -0.2) is 9.37 Å². The molecule has 2 heterocycles. The van der Waals surface area contributed by atoms with Gasteiger partial charge in [0.25, 0.3) is 11.6 Å². The molecule has 33 heavy (non-hydrogen) atoms. The van der Waals surface area contributed by atoms with Crippen LogP contribution in [0, 0.1) is 15.9 Å². The molecular weight excluding hydrogens is 481 g/mol. The number of nitro benzene ring substituents is 1. The molecule has 1 aliphatic rings.